The summed E-state index contributed by atoms with van der Waals surface area (Å²) in [6.07, 6.45) is 20.1. The van der Waals surface area contributed by atoms with Crippen LogP contribution in [-0.2, 0) is 0 Å². The number of halogens is 1. The van der Waals surface area contributed by atoms with Gasteiger partial charge < -0.3 is 11.1 Å². The third-order valence-electron chi connectivity index (χ3n) is 6.11. The number of carbonyl (C=O) groups is 1. The number of unbranched alkanes of at least 4 members (excludes halogenated alkanes) is 13. The number of benzene rings is 1. The van der Waals surface area contributed by atoms with Crippen molar-refractivity contribution in [1.82, 2.24) is 15.4 Å². The first-order chi connectivity index (χ1) is 17.1. The number of aromatic nitrogens is 2. The van der Waals surface area contributed by atoms with E-state index in [0.29, 0.717) is 27.9 Å². The van der Waals surface area contributed by atoms with E-state index in [1.807, 2.05) is 0 Å². The van der Waals surface area contributed by atoms with E-state index in [2.05, 4.69) is 33.1 Å². The van der Waals surface area contributed by atoms with Crippen molar-refractivity contribution >= 4 is 34.8 Å². The van der Waals surface area contributed by atoms with E-state index in [0.717, 1.165) is 13.0 Å². The lowest BCUT2D eigenvalue weighted by atomic mass is 10.0. The number of nitrogen functional groups attached to an aromatic ring is 1. The molecule has 0 saturated carbocycles. The molecule has 35 heavy (non-hydrogen) atoms. The second-order valence-electron chi connectivity index (χ2n) is 9.09. The first-order valence-corrected chi connectivity index (χ1v) is 13.7. The topological polar surface area (TPSA) is 105 Å². The molecule has 2 aromatic rings. The predicted molar refractivity (Wildman–Crippen MR) is 148 cm³/mol. The van der Waals surface area contributed by atoms with Crippen molar-refractivity contribution in [3.8, 4) is 0 Å². The fourth-order valence-corrected chi connectivity index (χ4v) is 4.08. The molecule has 5 N–H and O–H groups in total. The smallest absolute Gasteiger partial charge is 0.269 e. The predicted octanol–water partition coefficient (Wildman–Crippen LogP) is 7.36. The number of nitrogens with one attached hydrogen (secondary N) is 3. The van der Waals surface area contributed by atoms with Gasteiger partial charge in [0.2, 0.25) is 0 Å². The second kappa shape index (κ2) is 17.8. The molecule has 8 heteroatoms. The van der Waals surface area contributed by atoms with Gasteiger partial charge in [0.25, 0.3) is 5.91 Å². The molecular formula is C27H43ClN6O. The Morgan fingerprint density at radius 2 is 1.31 bits per heavy atom. The van der Waals surface area contributed by atoms with Crippen LogP contribution in [0.5, 0.6) is 0 Å². The molecule has 0 aliphatic rings. The van der Waals surface area contributed by atoms with Crippen LogP contribution in [0, 0.1) is 0 Å². The summed E-state index contributed by atoms with van der Waals surface area (Å²) in [6, 6.07) is 6.61. The van der Waals surface area contributed by atoms with Gasteiger partial charge in [0, 0.05) is 17.1 Å². The van der Waals surface area contributed by atoms with Crippen LogP contribution in [0.1, 0.15) is 107 Å². The highest BCUT2D eigenvalue weighted by Gasteiger charge is 2.10. The molecule has 0 spiro atoms. The highest BCUT2D eigenvalue weighted by Crippen LogP contribution is 2.22. The lowest BCUT2D eigenvalue weighted by Crippen LogP contribution is -2.30. The highest BCUT2D eigenvalue weighted by molar-refractivity contribution is 6.30. The van der Waals surface area contributed by atoms with Gasteiger partial charge in [0.15, 0.2) is 11.6 Å². The normalized spacial score (nSPS) is 10.8. The number of rotatable bonds is 19. The standard InChI is InChI=1S/C27H43ClN6O/c1-2-3-4-5-6-7-8-9-10-11-12-13-14-15-20-30-25-24(29)26(32-21-31-25)33-34-27(35)22-16-18-23(28)19-17-22/h16-19,21H,2-15,20,29H2,1H3,(H,34,35)(H2,30,31,32,33). The minimum atomic E-state index is -0.309. The SMILES string of the molecule is CCCCCCCCCCCCCCCCNc1ncnc(NNC(=O)c2ccc(Cl)cc2)c1N. The second-order valence-corrected chi connectivity index (χ2v) is 9.53. The van der Waals surface area contributed by atoms with E-state index < -0.39 is 0 Å². The van der Waals surface area contributed by atoms with Gasteiger partial charge in [-0.2, -0.15) is 0 Å². The number of nitrogens with zero attached hydrogens (tertiary/aromatic N) is 2. The van der Waals surface area contributed by atoms with Crippen LogP contribution in [-0.4, -0.2) is 22.4 Å². The largest absolute Gasteiger partial charge is 0.393 e. The highest BCUT2D eigenvalue weighted by atomic mass is 35.5. The maximum absolute atomic E-state index is 12.2. The van der Waals surface area contributed by atoms with Crippen LogP contribution in [0.4, 0.5) is 17.3 Å². The van der Waals surface area contributed by atoms with Crippen molar-refractivity contribution in [2.24, 2.45) is 0 Å². The molecule has 1 aromatic carbocycles. The van der Waals surface area contributed by atoms with Crippen molar-refractivity contribution in [1.29, 1.82) is 0 Å². The molecular weight excluding hydrogens is 460 g/mol. The van der Waals surface area contributed by atoms with Gasteiger partial charge in [-0.15, -0.1) is 0 Å². The molecule has 0 aliphatic carbocycles. The van der Waals surface area contributed by atoms with Gasteiger partial charge >= 0.3 is 0 Å². The minimum absolute atomic E-state index is 0.309. The van der Waals surface area contributed by atoms with E-state index in [4.69, 9.17) is 17.3 Å². The quantitative estimate of drug-likeness (QED) is 0.118. The molecule has 0 saturated heterocycles. The molecule has 0 bridgehead atoms. The molecule has 7 nitrogen and oxygen atoms in total. The van der Waals surface area contributed by atoms with Crippen LogP contribution < -0.4 is 21.9 Å². The average molecular weight is 503 g/mol. The molecule has 0 radical (unpaired) electrons. The van der Waals surface area contributed by atoms with Crippen molar-refractivity contribution in [2.45, 2.75) is 96.8 Å². The molecule has 0 fully saturated rings. The Morgan fingerprint density at radius 1 is 0.800 bits per heavy atom. The zero-order chi connectivity index (χ0) is 25.1. The van der Waals surface area contributed by atoms with Crippen LogP contribution >= 0.6 is 11.6 Å². The van der Waals surface area contributed by atoms with Crippen LogP contribution in [0.3, 0.4) is 0 Å². The number of hydrogen-bond donors (Lipinski definition) is 4. The van der Waals surface area contributed by atoms with Gasteiger partial charge in [0.1, 0.15) is 12.0 Å². The maximum atomic E-state index is 12.2. The van der Waals surface area contributed by atoms with Gasteiger partial charge in [-0.3, -0.25) is 15.6 Å². The fraction of sp³-hybridized carbons (Fsp3) is 0.593. The summed E-state index contributed by atoms with van der Waals surface area (Å²) >= 11 is 5.86. The zero-order valence-electron chi connectivity index (χ0n) is 21.3. The first kappa shape index (κ1) is 28.7. The average Bonchev–Trinajstić information content (AvgIpc) is 2.86. The Bertz CT molecular complexity index is 846. The lowest BCUT2D eigenvalue weighted by molar-refractivity contribution is 0.0962. The third-order valence-corrected chi connectivity index (χ3v) is 6.36. The number of hydrogen-bond acceptors (Lipinski definition) is 6. The summed E-state index contributed by atoms with van der Waals surface area (Å²) in [5, 5.41) is 3.85. The number of carbonyl (C=O) groups excluding carboxylic acids is 1. The monoisotopic (exact) mass is 502 g/mol. The molecule has 0 unspecified atom stereocenters. The van der Waals surface area contributed by atoms with Crippen LogP contribution in [0.15, 0.2) is 30.6 Å². The Labute approximate surface area is 216 Å². The van der Waals surface area contributed by atoms with Crippen molar-refractivity contribution < 1.29 is 4.79 Å². The minimum Gasteiger partial charge on any atom is -0.393 e. The van der Waals surface area contributed by atoms with Crippen molar-refractivity contribution in [3.05, 3.63) is 41.2 Å². The zero-order valence-corrected chi connectivity index (χ0v) is 22.0. The van der Waals surface area contributed by atoms with Gasteiger partial charge in [0.05, 0.1) is 0 Å². The summed E-state index contributed by atoms with van der Waals surface area (Å²) in [5.74, 6) is 0.611. The van der Waals surface area contributed by atoms with E-state index in [9.17, 15) is 4.79 Å². The van der Waals surface area contributed by atoms with Crippen molar-refractivity contribution in [3.63, 3.8) is 0 Å². The molecule has 1 aromatic heterocycles. The van der Waals surface area contributed by atoms with Crippen molar-refractivity contribution in [2.75, 3.05) is 23.0 Å². The Balaban J connectivity index is 1.53. The number of nitrogens with two attached hydrogens (primary N) is 1. The van der Waals surface area contributed by atoms with Crippen LogP contribution in [0.25, 0.3) is 0 Å². The molecule has 2 rings (SSSR count). The Morgan fingerprint density at radius 3 is 1.89 bits per heavy atom. The lowest BCUT2D eigenvalue weighted by Gasteiger charge is -2.13. The fourth-order valence-electron chi connectivity index (χ4n) is 3.95. The van der Waals surface area contributed by atoms with E-state index >= 15 is 0 Å². The first-order valence-electron chi connectivity index (χ1n) is 13.3. The summed E-state index contributed by atoms with van der Waals surface area (Å²) in [6.45, 7) is 3.07. The molecule has 0 atom stereocenters. The Hall–Kier alpha value is -2.54. The number of anilines is 3. The van der Waals surface area contributed by atoms with E-state index in [-0.39, 0.29) is 5.91 Å². The van der Waals surface area contributed by atoms with Gasteiger partial charge in [-0.05, 0) is 30.7 Å². The third kappa shape index (κ3) is 12.1. The molecule has 194 valence electrons. The maximum Gasteiger partial charge on any atom is 0.269 e. The van der Waals surface area contributed by atoms with Gasteiger partial charge in [-0.25, -0.2) is 9.97 Å². The summed E-state index contributed by atoms with van der Waals surface area (Å²) in [5.41, 5.74) is 12.4. The molecule has 0 aliphatic heterocycles. The summed E-state index contributed by atoms with van der Waals surface area (Å²) in [7, 11) is 0. The molecule has 1 heterocycles. The van der Waals surface area contributed by atoms with Gasteiger partial charge in [-0.1, -0.05) is 102 Å². The summed E-state index contributed by atoms with van der Waals surface area (Å²) < 4.78 is 0. The molecule has 1 amide bonds. The number of amides is 1. The van der Waals surface area contributed by atoms with E-state index in [1.165, 1.54) is 89.8 Å². The van der Waals surface area contributed by atoms with E-state index in [1.54, 1.807) is 24.3 Å². The van der Waals surface area contributed by atoms with Crippen LogP contribution in [0.2, 0.25) is 5.02 Å². The summed E-state index contributed by atoms with van der Waals surface area (Å²) in [4.78, 5) is 20.6. The Kier molecular flexibility index (Phi) is 14.6. The number of hydrazine groups is 1.